The molecule has 0 fully saturated rings. The van der Waals surface area contributed by atoms with Crippen molar-refractivity contribution in [3.05, 3.63) is 36.8 Å². The van der Waals surface area contributed by atoms with E-state index in [4.69, 9.17) is 5.73 Å². The van der Waals surface area contributed by atoms with Gasteiger partial charge in [-0.05, 0) is 19.1 Å². The van der Waals surface area contributed by atoms with E-state index in [0.717, 1.165) is 17.5 Å². The lowest BCUT2D eigenvalue weighted by Crippen LogP contribution is -2.25. The maximum atomic E-state index is 5.58. The molecule has 0 bridgehead atoms. The maximum absolute atomic E-state index is 5.58. The highest BCUT2D eigenvalue weighted by Crippen LogP contribution is 2.20. The highest BCUT2D eigenvalue weighted by Gasteiger charge is 2.08. The van der Waals surface area contributed by atoms with Crippen molar-refractivity contribution in [3.8, 4) is 0 Å². The minimum absolute atomic E-state index is 0.169. The Kier molecular flexibility index (Phi) is 4.25. The Labute approximate surface area is 112 Å². The van der Waals surface area contributed by atoms with Crippen LogP contribution in [-0.4, -0.2) is 34.6 Å². The van der Waals surface area contributed by atoms with Crippen LogP contribution >= 0.6 is 0 Å². The van der Waals surface area contributed by atoms with Gasteiger partial charge in [0.1, 0.15) is 23.8 Å². The van der Waals surface area contributed by atoms with Crippen molar-refractivity contribution in [3.63, 3.8) is 0 Å². The van der Waals surface area contributed by atoms with E-state index in [-0.39, 0.29) is 6.04 Å². The average Bonchev–Trinajstić information content (AvgIpc) is 2.47. The molecule has 100 valence electrons. The highest BCUT2D eigenvalue weighted by molar-refractivity contribution is 5.58. The fourth-order valence-electron chi connectivity index (χ4n) is 1.59. The quantitative estimate of drug-likeness (QED) is 0.844. The van der Waals surface area contributed by atoms with Crippen LogP contribution in [0.25, 0.3) is 0 Å². The predicted molar refractivity (Wildman–Crippen MR) is 76.5 cm³/mol. The Morgan fingerprint density at radius 1 is 1.26 bits per heavy atom. The number of nitrogens with two attached hydrogens (primary N) is 1. The van der Waals surface area contributed by atoms with E-state index in [1.807, 2.05) is 43.1 Å². The number of pyridine rings is 1. The van der Waals surface area contributed by atoms with Gasteiger partial charge in [0.05, 0.1) is 0 Å². The van der Waals surface area contributed by atoms with Gasteiger partial charge in [-0.1, -0.05) is 6.07 Å². The molecule has 6 heteroatoms. The molecule has 3 N–H and O–H groups in total. The molecule has 2 heterocycles. The second kappa shape index (κ2) is 6.10. The van der Waals surface area contributed by atoms with Gasteiger partial charge in [-0.15, -0.1) is 0 Å². The fraction of sp³-hybridized carbons (Fsp3) is 0.308. The number of hydrogen-bond acceptors (Lipinski definition) is 6. The van der Waals surface area contributed by atoms with Gasteiger partial charge in [-0.3, -0.25) is 0 Å². The molecule has 0 aliphatic carbocycles. The summed E-state index contributed by atoms with van der Waals surface area (Å²) in [5.74, 6) is 2.37. The molecule has 0 spiro atoms. The molecule has 0 radical (unpaired) electrons. The largest absolute Gasteiger partial charge is 0.366 e. The Morgan fingerprint density at radius 2 is 2.11 bits per heavy atom. The van der Waals surface area contributed by atoms with Crippen molar-refractivity contribution in [2.75, 3.05) is 23.8 Å². The summed E-state index contributed by atoms with van der Waals surface area (Å²) in [6.45, 7) is 2.56. The van der Waals surface area contributed by atoms with Crippen molar-refractivity contribution >= 4 is 17.5 Å². The summed E-state index contributed by atoms with van der Waals surface area (Å²) >= 11 is 0. The number of rotatable bonds is 5. The lowest BCUT2D eigenvalue weighted by molar-refractivity contribution is 0.797. The summed E-state index contributed by atoms with van der Waals surface area (Å²) < 4.78 is 0. The number of nitrogens with zero attached hydrogens (tertiary/aromatic N) is 4. The van der Waals surface area contributed by atoms with Crippen LogP contribution in [-0.2, 0) is 0 Å². The first kappa shape index (κ1) is 13.2. The molecule has 2 rings (SSSR count). The minimum Gasteiger partial charge on any atom is -0.366 e. The first-order valence-corrected chi connectivity index (χ1v) is 6.14. The van der Waals surface area contributed by atoms with Crippen LogP contribution in [0.4, 0.5) is 17.5 Å². The van der Waals surface area contributed by atoms with E-state index in [1.165, 1.54) is 6.33 Å². The zero-order chi connectivity index (χ0) is 13.7. The molecule has 0 aliphatic heterocycles. The van der Waals surface area contributed by atoms with Gasteiger partial charge in [-0.25, -0.2) is 15.0 Å². The number of hydrogen-bond donors (Lipinski definition) is 2. The van der Waals surface area contributed by atoms with Crippen LogP contribution in [0.2, 0.25) is 0 Å². The van der Waals surface area contributed by atoms with Crippen LogP contribution < -0.4 is 16.0 Å². The maximum Gasteiger partial charge on any atom is 0.139 e. The van der Waals surface area contributed by atoms with Crippen molar-refractivity contribution < 1.29 is 0 Å². The zero-order valence-electron chi connectivity index (χ0n) is 11.1. The molecular formula is C13H18N6. The lowest BCUT2D eigenvalue weighted by atomic mass is 10.3. The Hall–Kier alpha value is -2.21. The number of anilines is 3. The number of aromatic nitrogens is 3. The molecule has 2 aromatic rings. The smallest absolute Gasteiger partial charge is 0.139 e. The SMILES string of the molecule is CC(CN)Nc1cc(N(C)c2ccccn2)ncn1. The topological polar surface area (TPSA) is 80.0 Å². The van der Waals surface area contributed by atoms with E-state index in [0.29, 0.717) is 6.54 Å². The Balaban J connectivity index is 2.19. The molecule has 0 aliphatic rings. The molecule has 2 aromatic heterocycles. The van der Waals surface area contributed by atoms with E-state index in [9.17, 15) is 0 Å². The summed E-state index contributed by atoms with van der Waals surface area (Å²) in [4.78, 5) is 14.6. The van der Waals surface area contributed by atoms with Crippen LogP contribution in [0.3, 0.4) is 0 Å². The third-order valence-corrected chi connectivity index (χ3v) is 2.74. The van der Waals surface area contributed by atoms with Gasteiger partial charge in [0.15, 0.2) is 0 Å². The van der Waals surface area contributed by atoms with Crippen molar-refractivity contribution in [1.29, 1.82) is 0 Å². The van der Waals surface area contributed by atoms with Crippen LogP contribution in [0.1, 0.15) is 6.92 Å². The summed E-state index contributed by atoms with van der Waals surface area (Å²) in [6, 6.07) is 7.80. The fourth-order valence-corrected chi connectivity index (χ4v) is 1.59. The standard InChI is InChI=1S/C13H18N6/c1-10(8-14)18-11-7-13(17-9-16-11)19(2)12-5-3-4-6-15-12/h3-7,9-10H,8,14H2,1-2H3,(H,16,17,18). The van der Waals surface area contributed by atoms with E-state index >= 15 is 0 Å². The molecule has 0 saturated heterocycles. The number of nitrogens with one attached hydrogen (secondary N) is 1. The Bertz CT molecular complexity index is 516. The van der Waals surface area contributed by atoms with E-state index in [1.54, 1.807) is 6.20 Å². The van der Waals surface area contributed by atoms with Gasteiger partial charge >= 0.3 is 0 Å². The van der Waals surface area contributed by atoms with Gasteiger partial charge in [0.2, 0.25) is 0 Å². The van der Waals surface area contributed by atoms with Crippen molar-refractivity contribution in [2.24, 2.45) is 5.73 Å². The van der Waals surface area contributed by atoms with Crippen molar-refractivity contribution in [1.82, 2.24) is 15.0 Å². The molecule has 0 aromatic carbocycles. The summed E-state index contributed by atoms with van der Waals surface area (Å²) in [6.07, 6.45) is 3.28. The summed E-state index contributed by atoms with van der Waals surface area (Å²) in [5.41, 5.74) is 5.58. The van der Waals surface area contributed by atoms with E-state index in [2.05, 4.69) is 20.3 Å². The molecule has 6 nitrogen and oxygen atoms in total. The normalized spacial score (nSPS) is 11.9. The zero-order valence-corrected chi connectivity index (χ0v) is 11.1. The molecule has 0 amide bonds. The highest BCUT2D eigenvalue weighted by atomic mass is 15.2. The average molecular weight is 258 g/mol. The van der Waals surface area contributed by atoms with Gasteiger partial charge in [0, 0.05) is 31.9 Å². The van der Waals surface area contributed by atoms with Crippen LogP contribution in [0, 0.1) is 0 Å². The van der Waals surface area contributed by atoms with Gasteiger partial charge < -0.3 is 16.0 Å². The van der Waals surface area contributed by atoms with Gasteiger partial charge in [-0.2, -0.15) is 0 Å². The third-order valence-electron chi connectivity index (χ3n) is 2.74. The van der Waals surface area contributed by atoms with Crippen molar-refractivity contribution in [2.45, 2.75) is 13.0 Å². The van der Waals surface area contributed by atoms with E-state index < -0.39 is 0 Å². The molecule has 1 unspecified atom stereocenters. The first-order chi connectivity index (χ1) is 9.20. The van der Waals surface area contributed by atoms with Gasteiger partial charge in [0.25, 0.3) is 0 Å². The second-order valence-electron chi connectivity index (χ2n) is 4.29. The summed E-state index contributed by atoms with van der Waals surface area (Å²) in [5, 5.41) is 3.22. The molecule has 1 atom stereocenters. The Morgan fingerprint density at radius 3 is 2.79 bits per heavy atom. The third kappa shape index (κ3) is 3.38. The minimum atomic E-state index is 0.169. The predicted octanol–water partition coefficient (Wildman–Crippen LogP) is 1.40. The second-order valence-corrected chi connectivity index (χ2v) is 4.29. The molecule has 0 saturated carbocycles. The summed E-state index contributed by atoms with van der Waals surface area (Å²) in [7, 11) is 1.92. The first-order valence-electron chi connectivity index (χ1n) is 6.14. The van der Waals surface area contributed by atoms with Crippen LogP contribution in [0.15, 0.2) is 36.8 Å². The molecule has 19 heavy (non-hydrogen) atoms. The molecular weight excluding hydrogens is 240 g/mol. The van der Waals surface area contributed by atoms with Crippen LogP contribution in [0.5, 0.6) is 0 Å². The lowest BCUT2D eigenvalue weighted by Gasteiger charge is -2.18. The monoisotopic (exact) mass is 258 g/mol.